The van der Waals surface area contributed by atoms with E-state index in [-0.39, 0.29) is 0 Å². The van der Waals surface area contributed by atoms with E-state index < -0.39 is 0 Å². The molecule has 0 aliphatic rings. The number of rotatable bonds is 2. The van der Waals surface area contributed by atoms with Gasteiger partial charge in [-0.05, 0) is 30.0 Å². The molecule has 1 nitrogen and oxygen atoms in total. The third-order valence-corrected chi connectivity index (χ3v) is 3.34. The summed E-state index contributed by atoms with van der Waals surface area (Å²) in [5.41, 5.74) is 0.757. The Labute approximate surface area is 81.0 Å². The van der Waals surface area contributed by atoms with E-state index >= 15 is 0 Å². The lowest BCUT2D eigenvalue weighted by molar-refractivity contribution is 0.112. The van der Waals surface area contributed by atoms with Gasteiger partial charge in [0.1, 0.15) is 6.29 Å². The number of carbonyl (C=O) groups excluding carboxylic acids is 1. The zero-order chi connectivity index (χ0) is 9.26. The minimum atomic E-state index is 0.757. The average molecular weight is 190 g/mol. The molecule has 1 aromatic heterocycles. The van der Waals surface area contributed by atoms with Gasteiger partial charge in [0, 0.05) is 15.1 Å². The second kappa shape index (κ2) is 3.30. The number of fused-ring (bicyclic) bond motifs is 1. The maximum atomic E-state index is 10.5. The van der Waals surface area contributed by atoms with Crippen LogP contribution in [0.4, 0.5) is 0 Å². The van der Waals surface area contributed by atoms with Gasteiger partial charge in [0.2, 0.25) is 0 Å². The minimum absolute atomic E-state index is 0.757. The Kier molecular flexibility index (Phi) is 2.15. The fourth-order valence-electron chi connectivity index (χ4n) is 1.36. The summed E-state index contributed by atoms with van der Waals surface area (Å²) in [4.78, 5) is 11.9. The molecule has 0 aliphatic heterocycles. The number of hydrogen-bond acceptors (Lipinski definition) is 2. The second-order valence-electron chi connectivity index (χ2n) is 2.98. The van der Waals surface area contributed by atoms with Gasteiger partial charge >= 0.3 is 0 Å². The summed E-state index contributed by atoms with van der Waals surface area (Å²) in [7, 11) is 0. The Morgan fingerprint density at radius 3 is 2.92 bits per heavy atom. The number of aldehydes is 1. The zero-order valence-corrected chi connectivity index (χ0v) is 8.23. The van der Waals surface area contributed by atoms with Crippen LogP contribution in [0.5, 0.6) is 0 Å². The Morgan fingerprint density at radius 2 is 2.23 bits per heavy atom. The first-order valence-corrected chi connectivity index (χ1v) is 5.13. The van der Waals surface area contributed by atoms with Crippen LogP contribution in [0.1, 0.15) is 22.2 Å². The van der Waals surface area contributed by atoms with E-state index in [1.165, 1.54) is 15.0 Å². The molecule has 0 bridgehead atoms. The molecular formula is C11H10OS. The van der Waals surface area contributed by atoms with E-state index in [0.717, 1.165) is 18.3 Å². The van der Waals surface area contributed by atoms with Crippen LogP contribution in [0, 0.1) is 0 Å². The third-order valence-electron chi connectivity index (χ3n) is 2.08. The van der Waals surface area contributed by atoms with Crippen molar-refractivity contribution in [1.82, 2.24) is 0 Å². The van der Waals surface area contributed by atoms with Crippen LogP contribution in [0.25, 0.3) is 10.1 Å². The minimum Gasteiger partial charge on any atom is -0.298 e. The molecule has 0 fully saturated rings. The van der Waals surface area contributed by atoms with Crippen molar-refractivity contribution < 1.29 is 4.79 Å². The lowest BCUT2D eigenvalue weighted by atomic mass is 10.2. The average Bonchev–Trinajstić information content (AvgIpc) is 2.58. The molecule has 66 valence electrons. The van der Waals surface area contributed by atoms with E-state index in [1.807, 2.05) is 18.2 Å². The first-order valence-electron chi connectivity index (χ1n) is 4.31. The molecular weight excluding hydrogens is 180 g/mol. The Morgan fingerprint density at radius 1 is 1.38 bits per heavy atom. The van der Waals surface area contributed by atoms with Crippen LogP contribution < -0.4 is 0 Å². The van der Waals surface area contributed by atoms with Crippen molar-refractivity contribution in [3.63, 3.8) is 0 Å². The monoisotopic (exact) mass is 190 g/mol. The predicted molar refractivity (Wildman–Crippen MR) is 56.6 cm³/mol. The lowest BCUT2D eigenvalue weighted by Gasteiger charge is -1.89. The fraction of sp³-hybridized carbons (Fsp3) is 0.182. The Balaban J connectivity index is 2.63. The van der Waals surface area contributed by atoms with Crippen molar-refractivity contribution in [2.24, 2.45) is 0 Å². The largest absolute Gasteiger partial charge is 0.298 e. The van der Waals surface area contributed by atoms with E-state index in [4.69, 9.17) is 0 Å². The van der Waals surface area contributed by atoms with Gasteiger partial charge in [0.15, 0.2) is 0 Å². The molecule has 2 heteroatoms. The van der Waals surface area contributed by atoms with Gasteiger partial charge in [-0.15, -0.1) is 11.3 Å². The topological polar surface area (TPSA) is 17.1 Å². The standard InChI is InChI=1S/C11H10OS/c1-2-10-6-9-5-8(7-12)3-4-11(9)13-10/h3-7H,2H2,1H3. The molecule has 13 heavy (non-hydrogen) atoms. The van der Waals surface area contributed by atoms with Gasteiger partial charge < -0.3 is 0 Å². The van der Waals surface area contributed by atoms with Crippen molar-refractivity contribution >= 4 is 27.7 Å². The van der Waals surface area contributed by atoms with Crippen LogP contribution in [-0.2, 0) is 6.42 Å². The first kappa shape index (κ1) is 8.45. The molecule has 0 N–H and O–H groups in total. The molecule has 0 amide bonds. The van der Waals surface area contributed by atoms with Gasteiger partial charge in [-0.1, -0.05) is 13.0 Å². The van der Waals surface area contributed by atoms with Crippen molar-refractivity contribution in [3.8, 4) is 0 Å². The third kappa shape index (κ3) is 1.49. The highest BCUT2D eigenvalue weighted by Gasteiger charge is 2.00. The summed E-state index contributed by atoms with van der Waals surface area (Å²) in [6.07, 6.45) is 1.96. The summed E-state index contributed by atoms with van der Waals surface area (Å²) in [5, 5.41) is 1.19. The number of hydrogen-bond donors (Lipinski definition) is 0. The molecule has 1 aromatic carbocycles. The smallest absolute Gasteiger partial charge is 0.150 e. The molecule has 0 saturated carbocycles. The van der Waals surface area contributed by atoms with Gasteiger partial charge in [-0.2, -0.15) is 0 Å². The van der Waals surface area contributed by atoms with Crippen LogP contribution in [-0.4, -0.2) is 6.29 Å². The quantitative estimate of drug-likeness (QED) is 0.664. The SMILES string of the molecule is CCc1cc2cc(C=O)ccc2s1. The number of benzene rings is 1. The van der Waals surface area contributed by atoms with Gasteiger partial charge in [-0.3, -0.25) is 4.79 Å². The molecule has 0 atom stereocenters. The van der Waals surface area contributed by atoms with Crippen LogP contribution in [0.3, 0.4) is 0 Å². The zero-order valence-electron chi connectivity index (χ0n) is 7.41. The summed E-state index contributed by atoms with van der Waals surface area (Å²) in [5.74, 6) is 0. The Hall–Kier alpha value is -1.15. The summed E-state index contributed by atoms with van der Waals surface area (Å²) >= 11 is 1.80. The molecule has 0 aliphatic carbocycles. The summed E-state index contributed by atoms with van der Waals surface area (Å²) < 4.78 is 1.27. The molecule has 0 saturated heterocycles. The van der Waals surface area contributed by atoms with Gasteiger partial charge in [0.25, 0.3) is 0 Å². The highest BCUT2D eigenvalue weighted by molar-refractivity contribution is 7.19. The number of thiophene rings is 1. The van der Waals surface area contributed by atoms with Crippen LogP contribution in [0.15, 0.2) is 24.3 Å². The van der Waals surface area contributed by atoms with Gasteiger partial charge in [0.05, 0.1) is 0 Å². The highest BCUT2D eigenvalue weighted by Crippen LogP contribution is 2.26. The molecule has 0 unspecified atom stereocenters. The molecule has 0 spiro atoms. The maximum absolute atomic E-state index is 10.5. The van der Waals surface area contributed by atoms with Crippen molar-refractivity contribution in [2.75, 3.05) is 0 Å². The van der Waals surface area contributed by atoms with Gasteiger partial charge in [-0.25, -0.2) is 0 Å². The second-order valence-corrected chi connectivity index (χ2v) is 4.15. The summed E-state index contributed by atoms with van der Waals surface area (Å²) in [6.45, 7) is 2.14. The first-order chi connectivity index (χ1) is 6.33. The predicted octanol–water partition coefficient (Wildman–Crippen LogP) is 3.28. The van der Waals surface area contributed by atoms with Crippen LogP contribution in [0.2, 0.25) is 0 Å². The van der Waals surface area contributed by atoms with Crippen molar-refractivity contribution in [3.05, 3.63) is 34.7 Å². The lowest BCUT2D eigenvalue weighted by Crippen LogP contribution is -1.75. The van der Waals surface area contributed by atoms with E-state index in [9.17, 15) is 4.79 Å². The maximum Gasteiger partial charge on any atom is 0.150 e. The molecule has 2 aromatic rings. The van der Waals surface area contributed by atoms with Crippen molar-refractivity contribution in [2.45, 2.75) is 13.3 Å². The number of carbonyl (C=O) groups is 1. The Bertz CT molecular complexity index is 442. The van der Waals surface area contributed by atoms with E-state index in [2.05, 4.69) is 13.0 Å². The fourth-order valence-corrected chi connectivity index (χ4v) is 2.35. The van der Waals surface area contributed by atoms with E-state index in [0.29, 0.717) is 0 Å². The van der Waals surface area contributed by atoms with Crippen LogP contribution >= 0.6 is 11.3 Å². The highest BCUT2D eigenvalue weighted by atomic mass is 32.1. The summed E-state index contributed by atoms with van der Waals surface area (Å²) in [6, 6.07) is 7.99. The number of aryl methyl sites for hydroxylation is 1. The van der Waals surface area contributed by atoms with Crippen molar-refractivity contribution in [1.29, 1.82) is 0 Å². The molecule has 2 rings (SSSR count). The molecule has 0 radical (unpaired) electrons. The normalized spacial score (nSPS) is 10.5. The van der Waals surface area contributed by atoms with E-state index in [1.54, 1.807) is 11.3 Å². The molecule has 1 heterocycles.